The van der Waals surface area contributed by atoms with E-state index in [0.29, 0.717) is 16.5 Å². The Kier molecular flexibility index (Phi) is 5.98. The van der Waals surface area contributed by atoms with Gasteiger partial charge in [0, 0.05) is 16.6 Å². The van der Waals surface area contributed by atoms with Crippen LogP contribution in [0.15, 0.2) is 24.3 Å². The lowest BCUT2D eigenvalue weighted by atomic mass is 10.2. The van der Waals surface area contributed by atoms with Crippen LogP contribution in [-0.4, -0.2) is 37.0 Å². The smallest absolute Gasteiger partial charge is 0.325 e. The third kappa shape index (κ3) is 5.90. The second kappa shape index (κ2) is 7.97. The van der Waals surface area contributed by atoms with Crippen LogP contribution in [-0.2, 0) is 14.3 Å². The Balaban J connectivity index is 1.65. The Hall–Kier alpha value is -2.08. The highest BCUT2D eigenvalue weighted by Crippen LogP contribution is 2.32. The highest BCUT2D eigenvalue weighted by Gasteiger charge is 2.28. The Morgan fingerprint density at radius 1 is 1.26 bits per heavy atom. The van der Waals surface area contributed by atoms with E-state index in [1.807, 2.05) is 6.92 Å². The summed E-state index contributed by atoms with van der Waals surface area (Å²) in [5.74, 6) is -0.873. The van der Waals surface area contributed by atoms with Gasteiger partial charge < -0.3 is 15.4 Å². The number of nitrogens with one attached hydrogen (secondary N) is 2. The SMILES string of the molecule is C[C@@H](NC(=O)COC(=O)CNC(=O)c1ccc(Cl)cc1)C1CC1. The van der Waals surface area contributed by atoms with Gasteiger partial charge >= 0.3 is 5.97 Å². The molecule has 1 aliphatic carbocycles. The first-order valence-corrected chi connectivity index (χ1v) is 7.82. The molecule has 124 valence electrons. The third-order valence-electron chi connectivity index (χ3n) is 3.58. The van der Waals surface area contributed by atoms with Crippen LogP contribution >= 0.6 is 11.6 Å². The van der Waals surface area contributed by atoms with Gasteiger partial charge in [-0.15, -0.1) is 0 Å². The molecule has 0 saturated heterocycles. The van der Waals surface area contributed by atoms with Gasteiger partial charge in [-0.05, 0) is 49.9 Å². The fourth-order valence-corrected chi connectivity index (χ4v) is 2.19. The predicted octanol–water partition coefficient (Wildman–Crippen LogP) is 1.53. The maximum absolute atomic E-state index is 11.8. The summed E-state index contributed by atoms with van der Waals surface area (Å²) in [6.45, 7) is 1.29. The number of ether oxygens (including phenoxy) is 1. The van der Waals surface area contributed by atoms with Gasteiger partial charge in [0.1, 0.15) is 6.54 Å². The van der Waals surface area contributed by atoms with Gasteiger partial charge in [0.25, 0.3) is 11.8 Å². The van der Waals surface area contributed by atoms with E-state index < -0.39 is 11.9 Å². The zero-order valence-corrected chi connectivity index (χ0v) is 13.6. The molecule has 1 saturated carbocycles. The molecular weight excluding hydrogens is 320 g/mol. The van der Waals surface area contributed by atoms with E-state index in [2.05, 4.69) is 10.6 Å². The standard InChI is InChI=1S/C16H19ClN2O4/c1-10(11-2-3-11)19-14(20)9-23-15(21)8-18-16(22)12-4-6-13(17)7-5-12/h4-7,10-11H,2-3,8-9H2,1H3,(H,18,22)(H,19,20)/t10-/m1/s1. The maximum Gasteiger partial charge on any atom is 0.325 e. The predicted molar refractivity (Wildman–Crippen MR) is 85.1 cm³/mol. The summed E-state index contributed by atoms with van der Waals surface area (Å²) >= 11 is 5.73. The van der Waals surface area contributed by atoms with Gasteiger partial charge in [-0.1, -0.05) is 11.6 Å². The molecule has 6 nitrogen and oxygen atoms in total. The number of hydrogen-bond acceptors (Lipinski definition) is 4. The molecule has 1 atom stereocenters. The second-order valence-electron chi connectivity index (χ2n) is 5.54. The van der Waals surface area contributed by atoms with Crippen molar-refractivity contribution < 1.29 is 19.1 Å². The van der Waals surface area contributed by atoms with Crippen LogP contribution < -0.4 is 10.6 Å². The zero-order chi connectivity index (χ0) is 16.8. The molecule has 1 aromatic rings. The Labute approximate surface area is 139 Å². The summed E-state index contributed by atoms with van der Waals surface area (Å²) in [4.78, 5) is 34.9. The van der Waals surface area contributed by atoms with Gasteiger partial charge in [-0.2, -0.15) is 0 Å². The van der Waals surface area contributed by atoms with Crippen LogP contribution in [0.25, 0.3) is 0 Å². The van der Waals surface area contributed by atoms with Gasteiger partial charge in [0.15, 0.2) is 6.61 Å². The molecule has 1 aliphatic rings. The Bertz CT molecular complexity index is 584. The van der Waals surface area contributed by atoms with E-state index in [1.54, 1.807) is 24.3 Å². The van der Waals surface area contributed by atoms with Gasteiger partial charge in [0.2, 0.25) is 0 Å². The minimum Gasteiger partial charge on any atom is -0.454 e. The van der Waals surface area contributed by atoms with Crippen molar-refractivity contribution in [1.82, 2.24) is 10.6 Å². The number of halogens is 1. The fraction of sp³-hybridized carbons (Fsp3) is 0.438. The number of amides is 2. The molecule has 0 radical (unpaired) electrons. The van der Waals surface area contributed by atoms with E-state index in [0.717, 1.165) is 12.8 Å². The molecule has 23 heavy (non-hydrogen) atoms. The summed E-state index contributed by atoms with van der Waals surface area (Å²) < 4.78 is 4.82. The van der Waals surface area contributed by atoms with Gasteiger partial charge in [0.05, 0.1) is 0 Å². The first-order chi connectivity index (χ1) is 11.0. The van der Waals surface area contributed by atoms with Crippen LogP contribution in [0.4, 0.5) is 0 Å². The molecule has 0 heterocycles. The molecule has 7 heteroatoms. The number of hydrogen-bond donors (Lipinski definition) is 2. The van der Waals surface area contributed by atoms with E-state index in [1.165, 1.54) is 0 Å². The zero-order valence-electron chi connectivity index (χ0n) is 12.8. The third-order valence-corrected chi connectivity index (χ3v) is 3.83. The molecule has 0 aromatic heterocycles. The molecule has 0 unspecified atom stereocenters. The molecular formula is C16H19ClN2O4. The van der Waals surface area contributed by atoms with Gasteiger partial charge in [-0.25, -0.2) is 0 Å². The maximum atomic E-state index is 11.8. The van der Waals surface area contributed by atoms with Gasteiger partial charge in [-0.3, -0.25) is 14.4 Å². The molecule has 2 N–H and O–H groups in total. The normalized spacial score (nSPS) is 14.7. The lowest BCUT2D eigenvalue weighted by Gasteiger charge is -2.12. The summed E-state index contributed by atoms with van der Waals surface area (Å²) in [7, 11) is 0. The van der Waals surface area contributed by atoms with Crippen LogP contribution in [0, 0.1) is 5.92 Å². The summed E-state index contributed by atoms with van der Waals surface area (Å²) in [5.41, 5.74) is 0.387. The summed E-state index contributed by atoms with van der Waals surface area (Å²) in [6, 6.07) is 6.37. The quantitative estimate of drug-likeness (QED) is 0.738. The van der Waals surface area contributed by atoms with Crippen molar-refractivity contribution in [2.45, 2.75) is 25.8 Å². The average molecular weight is 339 g/mol. The largest absolute Gasteiger partial charge is 0.454 e. The Morgan fingerprint density at radius 3 is 2.52 bits per heavy atom. The summed E-state index contributed by atoms with van der Waals surface area (Å²) in [5, 5.41) is 5.72. The van der Waals surface area contributed by atoms with Crippen molar-refractivity contribution in [2.24, 2.45) is 5.92 Å². The lowest BCUT2D eigenvalue weighted by Crippen LogP contribution is -2.38. The van der Waals surface area contributed by atoms with Crippen LogP contribution in [0.2, 0.25) is 5.02 Å². The van der Waals surface area contributed by atoms with Crippen molar-refractivity contribution in [1.29, 1.82) is 0 Å². The minimum absolute atomic E-state index is 0.103. The number of carbonyl (C=O) groups is 3. The number of esters is 1. The van der Waals surface area contributed by atoms with Crippen LogP contribution in [0.3, 0.4) is 0 Å². The molecule has 1 fully saturated rings. The average Bonchev–Trinajstić information content (AvgIpc) is 3.36. The van der Waals surface area contributed by atoms with Crippen molar-refractivity contribution in [2.75, 3.05) is 13.2 Å². The minimum atomic E-state index is -0.665. The number of rotatable bonds is 7. The lowest BCUT2D eigenvalue weighted by molar-refractivity contribution is -0.147. The van der Waals surface area contributed by atoms with Crippen LogP contribution in [0.5, 0.6) is 0 Å². The molecule has 2 rings (SSSR count). The van der Waals surface area contributed by atoms with Crippen molar-refractivity contribution in [3.63, 3.8) is 0 Å². The van der Waals surface area contributed by atoms with E-state index in [4.69, 9.17) is 16.3 Å². The van der Waals surface area contributed by atoms with Crippen molar-refractivity contribution >= 4 is 29.4 Å². The monoisotopic (exact) mass is 338 g/mol. The van der Waals surface area contributed by atoms with Crippen molar-refractivity contribution in [3.05, 3.63) is 34.9 Å². The van der Waals surface area contributed by atoms with E-state index in [9.17, 15) is 14.4 Å². The highest BCUT2D eigenvalue weighted by atomic mass is 35.5. The first kappa shape index (κ1) is 17.3. The second-order valence-corrected chi connectivity index (χ2v) is 5.98. The van der Waals surface area contributed by atoms with Crippen molar-refractivity contribution in [3.8, 4) is 0 Å². The molecule has 2 amide bonds. The number of carbonyl (C=O) groups excluding carboxylic acids is 3. The molecule has 0 bridgehead atoms. The van der Waals surface area contributed by atoms with Crippen LogP contribution in [0.1, 0.15) is 30.1 Å². The van der Waals surface area contributed by atoms with E-state index >= 15 is 0 Å². The Morgan fingerprint density at radius 2 is 1.91 bits per heavy atom. The number of benzene rings is 1. The summed E-state index contributed by atoms with van der Waals surface area (Å²) in [6.07, 6.45) is 2.25. The fourth-order valence-electron chi connectivity index (χ4n) is 2.06. The molecule has 0 spiro atoms. The molecule has 1 aromatic carbocycles. The molecule has 0 aliphatic heterocycles. The topological polar surface area (TPSA) is 84.5 Å². The highest BCUT2D eigenvalue weighted by molar-refractivity contribution is 6.30. The first-order valence-electron chi connectivity index (χ1n) is 7.44. The van der Waals surface area contributed by atoms with E-state index in [-0.39, 0.29) is 25.1 Å².